The van der Waals surface area contributed by atoms with Crippen molar-refractivity contribution in [2.24, 2.45) is 0 Å². The first-order valence-electron chi connectivity index (χ1n) is 8.98. The number of amides is 1. The first-order valence-corrected chi connectivity index (χ1v) is 8.98. The Morgan fingerprint density at radius 3 is 2.89 bits per heavy atom. The van der Waals surface area contributed by atoms with Crippen molar-refractivity contribution in [3.63, 3.8) is 0 Å². The van der Waals surface area contributed by atoms with Gasteiger partial charge in [0.05, 0.1) is 19.1 Å². The molecule has 0 bridgehead atoms. The third-order valence-electron chi connectivity index (χ3n) is 5.22. The topological polar surface area (TPSA) is 59.4 Å². The van der Waals surface area contributed by atoms with Crippen molar-refractivity contribution in [3.8, 4) is 5.75 Å². The molecule has 2 aromatic rings. The van der Waals surface area contributed by atoms with Crippen molar-refractivity contribution in [1.82, 2.24) is 19.8 Å². The van der Waals surface area contributed by atoms with E-state index in [1.807, 2.05) is 28.8 Å². The number of para-hydroxylation sites is 1. The molecule has 6 nitrogen and oxygen atoms in total. The molecule has 1 aliphatic heterocycles. The Morgan fingerprint density at radius 2 is 2.15 bits per heavy atom. The van der Waals surface area contributed by atoms with Gasteiger partial charge in [0.25, 0.3) is 5.92 Å². The minimum absolute atomic E-state index is 0.237. The predicted octanol–water partition coefficient (Wildman–Crippen LogP) is 2.36. The van der Waals surface area contributed by atoms with Crippen LogP contribution in [-0.2, 0) is 17.9 Å². The minimum Gasteiger partial charge on any atom is -0.496 e. The molecule has 0 saturated heterocycles. The molecule has 1 aromatic heterocycles. The Bertz CT molecular complexity index is 831. The highest BCUT2D eigenvalue weighted by molar-refractivity contribution is 5.81. The first-order chi connectivity index (χ1) is 12.9. The number of imidazole rings is 1. The summed E-state index contributed by atoms with van der Waals surface area (Å²) in [6.45, 7) is 1.76. The molecule has 1 saturated carbocycles. The zero-order chi connectivity index (χ0) is 19.0. The van der Waals surface area contributed by atoms with Gasteiger partial charge in [-0.05, 0) is 6.07 Å². The highest BCUT2D eigenvalue weighted by atomic mass is 19.3. The molecule has 1 N–H and O–H groups in total. The number of fused-ring (bicyclic) bond motifs is 1. The molecule has 1 atom stereocenters. The lowest BCUT2D eigenvalue weighted by Gasteiger charge is -2.38. The SMILES string of the molecule is COc1ccccc1CN1Cc2cncn2[C@H](C(=O)NC2CC(F)(F)C2)C1. The number of nitrogens with one attached hydrogen (secondary N) is 1. The lowest BCUT2D eigenvalue weighted by atomic mass is 9.88. The van der Waals surface area contributed by atoms with E-state index in [-0.39, 0.29) is 18.7 Å². The van der Waals surface area contributed by atoms with Crippen LogP contribution in [0, 0.1) is 0 Å². The summed E-state index contributed by atoms with van der Waals surface area (Å²) in [5, 5.41) is 2.76. The molecule has 4 rings (SSSR count). The van der Waals surface area contributed by atoms with Crippen LogP contribution in [0.2, 0.25) is 0 Å². The number of halogens is 2. The Hall–Kier alpha value is -2.48. The maximum Gasteiger partial charge on any atom is 0.252 e. The molecule has 144 valence electrons. The van der Waals surface area contributed by atoms with E-state index in [2.05, 4.69) is 15.2 Å². The van der Waals surface area contributed by atoms with E-state index in [1.54, 1.807) is 19.6 Å². The summed E-state index contributed by atoms with van der Waals surface area (Å²) >= 11 is 0. The van der Waals surface area contributed by atoms with E-state index in [0.29, 0.717) is 19.6 Å². The summed E-state index contributed by atoms with van der Waals surface area (Å²) < 4.78 is 33.4. The van der Waals surface area contributed by atoms with Crippen LogP contribution in [0.1, 0.15) is 30.1 Å². The molecule has 1 amide bonds. The van der Waals surface area contributed by atoms with Gasteiger partial charge in [-0.3, -0.25) is 9.69 Å². The normalized spacial score (nSPS) is 22.0. The molecule has 2 heterocycles. The lowest BCUT2D eigenvalue weighted by molar-refractivity contribution is -0.133. The maximum atomic E-state index is 13.1. The fourth-order valence-corrected chi connectivity index (χ4v) is 3.83. The van der Waals surface area contributed by atoms with E-state index >= 15 is 0 Å². The third kappa shape index (κ3) is 3.66. The first kappa shape index (κ1) is 17.9. The standard InChI is InChI=1S/C19H22F2N4O2/c1-27-17-5-3-2-4-13(17)9-24-10-15-8-22-12-25(15)16(11-24)18(26)23-14-6-19(20,21)7-14/h2-5,8,12,14,16H,6-7,9-11H2,1H3,(H,23,26)/t16-/m0/s1. The van der Waals surface area contributed by atoms with Gasteiger partial charge in [0.1, 0.15) is 11.8 Å². The molecule has 1 aromatic carbocycles. The highest BCUT2D eigenvalue weighted by Crippen LogP contribution is 2.37. The molecule has 2 aliphatic rings. The number of methoxy groups -OCH3 is 1. The number of carbonyl (C=O) groups is 1. The Kier molecular flexibility index (Phi) is 4.59. The Labute approximate surface area is 156 Å². The van der Waals surface area contributed by atoms with Crippen molar-refractivity contribution < 1.29 is 18.3 Å². The van der Waals surface area contributed by atoms with Crippen LogP contribution in [-0.4, -0.2) is 46.0 Å². The number of hydrogen-bond donors (Lipinski definition) is 1. The lowest BCUT2D eigenvalue weighted by Crippen LogP contribution is -2.53. The number of carbonyl (C=O) groups excluding carboxylic acids is 1. The maximum absolute atomic E-state index is 13.1. The summed E-state index contributed by atoms with van der Waals surface area (Å²) in [4.78, 5) is 19.0. The van der Waals surface area contributed by atoms with Crippen LogP contribution in [0.25, 0.3) is 0 Å². The van der Waals surface area contributed by atoms with E-state index < -0.39 is 18.0 Å². The number of aromatic nitrogens is 2. The molecular formula is C19H22F2N4O2. The number of benzene rings is 1. The molecule has 27 heavy (non-hydrogen) atoms. The second-order valence-electron chi connectivity index (χ2n) is 7.26. The average molecular weight is 376 g/mol. The Morgan fingerprint density at radius 1 is 1.37 bits per heavy atom. The fraction of sp³-hybridized carbons (Fsp3) is 0.474. The second kappa shape index (κ2) is 6.92. The number of ether oxygens (including phenoxy) is 1. The van der Waals surface area contributed by atoms with Gasteiger partial charge >= 0.3 is 0 Å². The van der Waals surface area contributed by atoms with E-state index in [1.165, 1.54) is 0 Å². The van der Waals surface area contributed by atoms with Crippen molar-refractivity contribution in [2.45, 2.75) is 43.9 Å². The van der Waals surface area contributed by atoms with Crippen LogP contribution < -0.4 is 10.1 Å². The van der Waals surface area contributed by atoms with Gasteiger partial charge in [-0.15, -0.1) is 0 Å². The summed E-state index contributed by atoms with van der Waals surface area (Å²) in [6, 6.07) is 6.83. The van der Waals surface area contributed by atoms with Crippen LogP contribution in [0.4, 0.5) is 8.78 Å². The van der Waals surface area contributed by atoms with Gasteiger partial charge in [-0.1, -0.05) is 18.2 Å². The van der Waals surface area contributed by atoms with Gasteiger partial charge in [0, 0.05) is 50.3 Å². The summed E-state index contributed by atoms with van der Waals surface area (Å²) in [5.74, 6) is -2.09. The van der Waals surface area contributed by atoms with E-state index in [0.717, 1.165) is 17.0 Å². The van der Waals surface area contributed by atoms with Crippen molar-refractivity contribution >= 4 is 5.91 Å². The summed E-state index contributed by atoms with van der Waals surface area (Å²) in [7, 11) is 1.63. The van der Waals surface area contributed by atoms with E-state index in [4.69, 9.17) is 4.74 Å². The van der Waals surface area contributed by atoms with Crippen LogP contribution >= 0.6 is 0 Å². The predicted molar refractivity (Wildman–Crippen MR) is 94.5 cm³/mol. The van der Waals surface area contributed by atoms with Gasteiger partial charge in [-0.2, -0.15) is 0 Å². The second-order valence-corrected chi connectivity index (χ2v) is 7.26. The number of hydrogen-bond acceptors (Lipinski definition) is 4. The smallest absolute Gasteiger partial charge is 0.252 e. The van der Waals surface area contributed by atoms with Crippen molar-refractivity contribution in [2.75, 3.05) is 13.7 Å². The molecular weight excluding hydrogens is 354 g/mol. The zero-order valence-corrected chi connectivity index (χ0v) is 15.1. The summed E-state index contributed by atoms with van der Waals surface area (Å²) in [5.41, 5.74) is 1.96. The number of alkyl halides is 2. The molecule has 1 aliphatic carbocycles. The van der Waals surface area contributed by atoms with E-state index in [9.17, 15) is 13.6 Å². The van der Waals surface area contributed by atoms with Gasteiger partial charge in [0.15, 0.2) is 0 Å². The average Bonchev–Trinajstić information content (AvgIpc) is 3.08. The molecule has 0 unspecified atom stereocenters. The highest BCUT2D eigenvalue weighted by Gasteiger charge is 2.46. The van der Waals surface area contributed by atoms with Crippen molar-refractivity contribution in [1.29, 1.82) is 0 Å². The number of rotatable bonds is 5. The summed E-state index contributed by atoms with van der Waals surface area (Å²) in [6.07, 6.45) is 2.81. The molecule has 1 fully saturated rings. The van der Waals surface area contributed by atoms with Gasteiger partial charge in [0.2, 0.25) is 5.91 Å². The van der Waals surface area contributed by atoms with Crippen LogP contribution in [0.3, 0.4) is 0 Å². The van der Waals surface area contributed by atoms with Crippen LogP contribution in [0.5, 0.6) is 5.75 Å². The van der Waals surface area contributed by atoms with Gasteiger partial charge < -0.3 is 14.6 Å². The quantitative estimate of drug-likeness (QED) is 0.870. The Balaban J connectivity index is 1.48. The van der Waals surface area contributed by atoms with Crippen molar-refractivity contribution in [3.05, 3.63) is 48.0 Å². The zero-order valence-electron chi connectivity index (χ0n) is 15.1. The largest absolute Gasteiger partial charge is 0.496 e. The number of nitrogens with zero attached hydrogens (tertiary/aromatic N) is 3. The minimum atomic E-state index is -2.65. The molecule has 0 radical (unpaired) electrons. The monoisotopic (exact) mass is 376 g/mol. The van der Waals surface area contributed by atoms with Gasteiger partial charge in [-0.25, -0.2) is 13.8 Å². The molecule has 0 spiro atoms. The third-order valence-corrected chi connectivity index (χ3v) is 5.22. The van der Waals surface area contributed by atoms with Crippen LogP contribution in [0.15, 0.2) is 36.8 Å². The fourth-order valence-electron chi connectivity index (χ4n) is 3.83. The molecule has 8 heteroatoms.